The lowest BCUT2D eigenvalue weighted by Crippen LogP contribution is -2.12. The summed E-state index contributed by atoms with van der Waals surface area (Å²) in [5.74, 6) is 2.66. The predicted molar refractivity (Wildman–Crippen MR) is 89.1 cm³/mol. The number of hydrogen-bond donors (Lipinski definition) is 1. The van der Waals surface area contributed by atoms with Crippen molar-refractivity contribution in [2.45, 2.75) is 24.7 Å². The molecule has 0 aromatic heterocycles. The number of halogens is 1. The number of ether oxygens (including phenoxy) is 2. The summed E-state index contributed by atoms with van der Waals surface area (Å²) in [4.78, 5) is 0. The highest BCUT2D eigenvalue weighted by Crippen LogP contribution is 2.34. The lowest BCUT2D eigenvalue weighted by atomic mass is 10.1. The van der Waals surface area contributed by atoms with Gasteiger partial charge in [0.15, 0.2) is 6.79 Å². The van der Waals surface area contributed by atoms with E-state index in [0.717, 1.165) is 39.0 Å². The van der Waals surface area contributed by atoms with Gasteiger partial charge in [0.2, 0.25) is 0 Å². The zero-order chi connectivity index (χ0) is 15.4. The third kappa shape index (κ3) is 3.76. The van der Waals surface area contributed by atoms with Gasteiger partial charge in [-0.25, -0.2) is 0 Å². The molecule has 1 aliphatic rings. The third-order valence-corrected chi connectivity index (χ3v) is 4.75. The SMILES string of the molecule is OCc1ccc(CSCc2cc(Cl)cc3c2OCOC3)cc1. The third-order valence-electron chi connectivity index (χ3n) is 3.48. The van der Waals surface area contributed by atoms with Crippen LogP contribution in [0.25, 0.3) is 0 Å². The Bertz CT molecular complexity index is 643. The van der Waals surface area contributed by atoms with Gasteiger partial charge in [0, 0.05) is 27.7 Å². The molecule has 0 bridgehead atoms. The lowest BCUT2D eigenvalue weighted by molar-refractivity contribution is -0.0168. The van der Waals surface area contributed by atoms with Crippen molar-refractivity contribution in [1.29, 1.82) is 0 Å². The van der Waals surface area contributed by atoms with Crippen molar-refractivity contribution in [3.63, 3.8) is 0 Å². The minimum Gasteiger partial charge on any atom is -0.467 e. The summed E-state index contributed by atoms with van der Waals surface area (Å²) < 4.78 is 10.9. The molecule has 22 heavy (non-hydrogen) atoms. The fraction of sp³-hybridized carbons (Fsp3) is 0.294. The molecule has 1 aliphatic heterocycles. The Morgan fingerprint density at radius 3 is 2.64 bits per heavy atom. The van der Waals surface area contributed by atoms with E-state index in [1.807, 2.05) is 36.0 Å². The van der Waals surface area contributed by atoms with Crippen molar-refractivity contribution in [3.05, 3.63) is 63.7 Å². The molecular formula is C17H17ClO3S. The molecule has 0 saturated heterocycles. The second-order valence-corrected chi connectivity index (χ2v) is 6.55. The molecule has 1 heterocycles. The molecule has 2 aromatic carbocycles. The second kappa shape index (κ2) is 7.38. The van der Waals surface area contributed by atoms with Gasteiger partial charge in [-0.3, -0.25) is 0 Å². The Morgan fingerprint density at radius 1 is 1.09 bits per heavy atom. The quantitative estimate of drug-likeness (QED) is 0.891. The maximum absolute atomic E-state index is 9.05. The highest BCUT2D eigenvalue weighted by molar-refractivity contribution is 7.97. The monoisotopic (exact) mass is 336 g/mol. The van der Waals surface area contributed by atoms with E-state index < -0.39 is 0 Å². The molecular weight excluding hydrogens is 320 g/mol. The Morgan fingerprint density at radius 2 is 1.86 bits per heavy atom. The Labute approximate surface area is 139 Å². The van der Waals surface area contributed by atoms with Crippen molar-refractivity contribution in [2.24, 2.45) is 0 Å². The minimum atomic E-state index is 0.0848. The van der Waals surface area contributed by atoms with Crippen molar-refractivity contribution in [2.75, 3.05) is 6.79 Å². The lowest BCUT2D eigenvalue weighted by Gasteiger charge is -2.21. The summed E-state index contributed by atoms with van der Waals surface area (Å²) in [5, 5.41) is 9.77. The van der Waals surface area contributed by atoms with Crippen LogP contribution in [-0.4, -0.2) is 11.9 Å². The normalized spacial score (nSPS) is 13.5. The molecule has 0 atom stereocenters. The van der Waals surface area contributed by atoms with Gasteiger partial charge in [0.05, 0.1) is 13.2 Å². The van der Waals surface area contributed by atoms with E-state index in [1.165, 1.54) is 5.56 Å². The number of thioether (sulfide) groups is 1. The van der Waals surface area contributed by atoms with Crippen LogP contribution in [-0.2, 0) is 29.5 Å². The van der Waals surface area contributed by atoms with Gasteiger partial charge < -0.3 is 14.6 Å². The van der Waals surface area contributed by atoms with Gasteiger partial charge in [-0.15, -0.1) is 0 Å². The molecule has 0 radical (unpaired) electrons. The van der Waals surface area contributed by atoms with Crippen LogP contribution in [0.5, 0.6) is 5.75 Å². The van der Waals surface area contributed by atoms with E-state index in [0.29, 0.717) is 13.4 Å². The fourth-order valence-electron chi connectivity index (χ4n) is 2.38. The molecule has 0 amide bonds. The van der Waals surface area contributed by atoms with Crippen LogP contribution in [0.3, 0.4) is 0 Å². The standard InChI is InChI=1S/C17H17ClO3S/c18-16-5-14-8-20-11-21-17(14)15(6-16)10-22-9-13-3-1-12(7-19)2-4-13/h1-6,19H,7-11H2. The topological polar surface area (TPSA) is 38.7 Å². The van der Waals surface area contributed by atoms with E-state index in [4.69, 9.17) is 26.2 Å². The smallest absolute Gasteiger partial charge is 0.189 e. The first-order valence-corrected chi connectivity index (χ1v) is 8.58. The van der Waals surface area contributed by atoms with Crippen LogP contribution in [0.2, 0.25) is 5.02 Å². The molecule has 116 valence electrons. The molecule has 0 fully saturated rings. The number of fused-ring (bicyclic) bond motifs is 1. The molecule has 2 aromatic rings. The number of hydrogen-bond acceptors (Lipinski definition) is 4. The van der Waals surface area contributed by atoms with Gasteiger partial charge in [0.1, 0.15) is 5.75 Å². The Hall–Kier alpha value is -1.20. The summed E-state index contributed by atoms with van der Waals surface area (Å²) in [5.41, 5.74) is 4.30. The van der Waals surface area contributed by atoms with Gasteiger partial charge in [-0.1, -0.05) is 35.9 Å². The van der Waals surface area contributed by atoms with E-state index in [9.17, 15) is 0 Å². The van der Waals surface area contributed by atoms with E-state index in [2.05, 4.69) is 12.1 Å². The number of aliphatic hydroxyl groups is 1. The molecule has 0 aliphatic carbocycles. The summed E-state index contributed by atoms with van der Waals surface area (Å²) in [6.45, 7) is 0.937. The largest absolute Gasteiger partial charge is 0.467 e. The first-order chi connectivity index (χ1) is 10.8. The Kier molecular flexibility index (Phi) is 5.26. The van der Waals surface area contributed by atoms with Crippen molar-refractivity contribution < 1.29 is 14.6 Å². The zero-order valence-corrected chi connectivity index (χ0v) is 13.6. The van der Waals surface area contributed by atoms with Crippen LogP contribution >= 0.6 is 23.4 Å². The molecule has 0 unspecified atom stereocenters. The van der Waals surface area contributed by atoms with Gasteiger partial charge in [0.25, 0.3) is 0 Å². The summed E-state index contributed by atoms with van der Waals surface area (Å²) in [6, 6.07) is 11.9. The maximum Gasteiger partial charge on any atom is 0.189 e. The molecule has 3 nitrogen and oxygen atoms in total. The maximum atomic E-state index is 9.05. The molecule has 0 spiro atoms. The van der Waals surface area contributed by atoms with E-state index >= 15 is 0 Å². The number of aliphatic hydroxyl groups excluding tert-OH is 1. The average Bonchev–Trinajstić information content (AvgIpc) is 2.55. The summed E-state index contributed by atoms with van der Waals surface area (Å²) in [7, 11) is 0. The van der Waals surface area contributed by atoms with Gasteiger partial charge in [-0.05, 0) is 23.3 Å². The average molecular weight is 337 g/mol. The van der Waals surface area contributed by atoms with Crippen molar-refractivity contribution >= 4 is 23.4 Å². The highest BCUT2D eigenvalue weighted by Gasteiger charge is 2.16. The van der Waals surface area contributed by atoms with Crippen molar-refractivity contribution in [1.82, 2.24) is 0 Å². The van der Waals surface area contributed by atoms with Crippen LogP contribution < -0.4 is 4.74 Å². The minimum absolute atomic E-state index is 0.0848. The zero-order valence-electron chi connectivity index (χ0n) is 12.0. The number of benzene rings is 2. The van der Waals surface area contributed by atoms with Crippen molar-refractivity contribution in [3.8, 4) is 5.75 Å². The summed E-state index contributed by atoms with van der Waals surface area (Å²) in [6.07, 6.45) is 0. The first kappa shape index (κ1) is 15.7. The highest BCUT2D eigenvalue weighted by atomic mass is 35.5. The summed E-state index contributed by atoms with van der Waals surface area (Å²) >= 11 is 7.98. The second-order valence-electron chi connectivity index (χ2n) is 5.13. The van der Waals surface area contributed by atoms with Gasteiger partial charge in [-0.2, -0.15) is 11.8 Å². The van der Waals surface area contributed by atoms with E-state index in [-0.39, 0.29) is 6.61 Å². The van der Waals surface area contributed by atoms with Crippen LogP contribution in [0, 0.1) is 0 Å². The van der Waals surface area contributed by atoms with Crippen LogP contribution in [0.15, 0.2) is 36.4 Å². The predicted octanol–water partition coefficient (Wildman–Crippen LogP) is 4.13. The van der Waals surface area contributed by atoms with Gasteiger partial charge >= 0.3 is 0 Å². The fourth-order valence-corrected chi connectivity index (χ4v) is 3.61. The molecule has 1 N–H and O–H groups in total. The molecule has 3 rings (SSSR count). The van der Waals surface area contributed by atoms with E-state index in [1.54, 1.807) is 0 Å². The molecule has 5 heteroatoms. The van der Waals surface area contributed by atoms with Crippen LogP contribution in [0.4, 0.5) is 0 Å². The number of rotatable bonds is 5. The van der Waals surface area contributed by atoms with Crippen LogP contribution in [0.1, 0.15) is 22.3 Å². The Balaban J connectivity index is 1.64. The first-order valence-electron chi connectivity index (χ1n) is 7.04. The molecule has 0 saturated carbocycles.